The summed E-state index contributed by atoms with van der Waals surface area (Å²) in [7, 11) is 0. The summed E-state index contributed by atoms with van der Waals surface area (Å²) in [4.78, 5) is 14.5. The number of ether oxygens (including phenoxy) is 1. The standard InChI is InChI=1S/C17H27N5O2/c1-13(17(23)18-11-15-6-4-10-24-15)20-14-5-3-9-22(12-14)16-7-2-8-19-21-16/h2,7-8,13-15,20H,3-6,9-12H2,1H3,(H,18,23)/t13-,14+,15-/m0/s1. The Kier molecular flexibility index (Phi) is 5.98. The van der Waals surface area contributed by atoms with Crippen LogP contribution in [0, 0.1) is 0 Å². The predicted octanol–water partition coefficient (Wildman–Crippen LogP) is 0.719. The van der Waals surface area contributed by atoms with Gasteiger partial charge in [-0.1, -0.05) is 0 Å². The van der Waals surface area contributed by atoms with Gasteiger partial charge < -0.3 is 20.3 Å². The lowest BCUT2D eigenvalue weighted by atomic mass is 10.0. The van der Waals surface area contributed by atoms with Crippen molar-refractivity contribution in [2.24, 2.45) is 0 Å². The van der Waals surface area contributed by atoms with E-state index in [-0.39, 0.29) is 24.1 Å². The second-order valence-electron chi connectivity index (χ2n) is 6.64. The number of piperidine rings is 1. The van der Waals surface area contributed by atoms with Crippen molar-refractivity contribution >= 4 is 11.7 Å². The molecule has 1 amide bonds. The predicted molar refractivity (Wildman–Crippen MR) is 91.8 cm³/mol. The zero-order valence-corrected chi connectivity index (χ0v) is 14.3. The highest BCUT2D eigenvalue weighted by atomic mass is 16.5. The van der Waals surface area contributed by atoms with Crippen LogP contribution in [0.3, 0.4) is 0 Å². The summed E-state index contributed by atoms with van der Waals surface area (Å²) in [5.74, 6) is 0.946. The van der Waals surface area contributed by atoms with Crippen molar-refractivity contribution in [1.29, 1.82) is 0 Å². The Morgan fingerprint density at radius 3 is 3.12 bits per heavy atom. The minimum atomic E-state index is -0.210. The van der Waals surface area contributed by atoms with E-state index >= 15 is 0 Å². The Labute approximate surface area is 143 Å². The molecule has 3 heterocycles. The molecule has 0 aromatic carbocycles. The van der Waals surface area contributed by atoms with E-state index in [1.54, 1.807) is 6.20 Å². The Morgan fingerprint density at radius 1 is 1.46 bits per heavy atom. The average Bonchev–Trinajstić information content (AvgIpc) is 3.14. The van der Waals surface area contributed by atoms with Crippen LogP contribution in [0.1, 0.15) is 32.6 Å². The molecular weight excluding hydrogens is 306 g/mol. The van der Waals surface area contributed by atoms with Gasteiger partial charge in [0.1, 0.15) is 0 Å². The average molecular weight is 333 g/mol. The highest BCUT2D eigenvalue weighted by Gasteiger charge is 2.25. The van der Waals surface area contributed by atoms with Gasteiger partial charge >= 0.3 is 0 Å². The number of nitrogens with zero attached hydrogens (tertiary/aromatic N) is 3. The summed E-state index contributed by atoms with van der Waals surface area (Å²) in [5, 5.41) is 14.6. The maximum absolute atomic E-state index is 12.3. The highest BCUT2D eigenvalue weighted by molar-refractivity contribution is 5.81. The van der Waals surface area contributed by atoms with Gasteiger partial charge in [-0.2, -0.15) is 5.10 Å². The van der Waals surface area contributed by atoms with Gasteiger partial charge in [0.15, 0.2) is 5.82 Å². The number of hydrogen-bond donors (Lipinski definition) is 2. The van der Waals surface area contributed by atoms with Crippen LogP contribution in [0.25, 0.3) is 0 Å². The van der Waals surface area contributed by atoms with E-state index in [0.717, 1.165) is 51.2 Å². The van der Waals surface area contributed by atoms with E-state index in [1.165, 1.54) is 0 Å². The van der Waals surface area contributed by atoms with Crippen LogP contribution in [0.15, 0.2) is 18.3 Å². The van der Waals surface area contributed by atoms with Gasteiger partial charge in [0.05, 0.1) is 12.1 Å². The number of anilines is 1. The molecule has 0 unspecified atom stereocenters. The first-order valence-electron chi connectivity index (χ1n) is 8.90. The molecule has 2 saturated heterocycles. The van der Waals surface area contributed by atoms with Gasteiger partial charge in [-0.3, -0.25) is 4.79 Å². The molecule has 132 valence electrons. The van der Waals surface area contributed by atoms with Crippen LogP contribution in [-0.2, 0) is 9.53 Å². The fraction of sp³-hybridized carbons (Fsp3) is 0.706. The van der Waals surface area contributed by atoms with Crippen molar-refractivity contribution in [3.8, 4) is 0 Å². The molecule has 1 aromatic rings. The van der Waals surface area contributed by atoms with Crippen molar-refractivity contribution in [2.45, 2.75) is 50.8 Å². The van der Waals surface area contributed by atoms with Gasteiger partial charge in [0.2, 0.25) is 5.91 Å². The maximum Gasteiger partial charge on any atom is 0.236 e. The maximum atomic E-state index is 12.3. The van der Waals surface area contributed by atoms with Crippen LogP contribution >= 0.6 is 0 Å². The van der Waals surface area contributed by atoms with Gasteiger partial charge in [0, 0.05) is 38.5 Å². The van der Waals surface area contributed by atoms with Crippen molar-refractivity contribution in [3.63, 3.8) is 0 Å². The largest absolute Gasteiger partial charge is 0.376 e. The molecule has 2 N–H and O–H groups in total. The smallest absolute Gasteiger partial charge is 0.236 e. The van der Waals surface area contributed by atoms with Gasteiger partial charge in [-0.25, -0.2) is 0 Å². The van der Waals surface area contributed by atoms with Crippen LogP contribution in [0.4, 0.5) is 5.82 Å². The molecular formula is C17H27N5O2. The van der Waals surface area contributed by atoms with Gasteiger partial charge in [-0.05, 0) is 44.7 Å². The Hall–Kier alpha value is -1.73. The molecule has 0 bridgehead atoms. The lowest BCUT2D eigenvalue weighted by Gasteiger charge is -2.35. The molecule has 3 rings (SSSR count). The monoisotopic (exact) mass is 333 g/mol. The molecule has 3 atom stereocenters. The first kappa shape index (κ1) is 17.1. The number of rotatable bonds is 6. The first-order valence-corrected chi connectivity index (χ1v) is 8.90. The number of hydrogen-bond acceptors (Lipinski definition) is 6. The Bertz CT molecular complexity index is 521. The van der Waals surface area contributed by atoms with Crippen LogP contribution in [0.2, 0.25) is 0 Å². The number of aromatic nitrogens is 2. The second kappa shape index (κ2) is 8.39. The SMILES string of the molecule is C[C@H](N[C@@H]1CCCN(c2cccnn2)C1)C(=O)NC[C@@H]1CCCO1. The minimum absolute atomic E-state index is 0.0436. The summed E-state index contributed by atoms with van der Waals surface area (Å²) in [6.45, 7) is 5.18. The van der Waals surface area contributed by atoms with Crippen molar-refractivity contribution in [1.82, 2.24) is 20.8 Å². The Morgan fingerprint density at radius 2 is 2.38 bits per heavy atom. The van der Waals surface area contributed by atoms with Crippen LogP contribution in [-0.4, -0.2) is 60.5 Å². The molecule has 0 saturated carbocycles. The van der Waals surface area contributed by atoms with Crippen LogP contribution in [0.5, 0.6) is 0 Å². The zero-order valence-electron chi connectivity index (χ0n) is 14.3. The van der Waals surface area contributed by atoms with E-state index < -0.39 is 0 Å². The molecule has 24 heavy (non-hydrogen) atoms. The molecule has 7 nitrogen and oxygen atoms in total. The van der Waals surface area contributed by atoms with E-state index in [4.69, 9.17) is 4.74 Å². The number of carbonyl (C=O) groups is 1. The van der Waals surface area contributed by atoms with Crippen molar-refractivity contribution < 1.29 is 9.53 Å². The summed E-state index contributed by atoms with van der Waals surface area (Å²) < 4.78 is 5.54. The second-order valence-corrected chi connectivity index (χ2v) is 6.64. The molecule has 2 fully saturated rings. The summed E-state index contributed by atoms with van der Waals surface area (Å²) >= 11 is 0. The topological polar surface area (TPSA) is 79.4 Å². The normalized spacial score (nSPS) is 25.5. The fourth-order valence-corrected chi connectivity index (χ4v) is 3.39. The third-order valence-electron chi connectivity index (χ3n) is 4.71. The molecule has 2 aliphatic heterocycles. The zero-order chi connectivity index (χ0) is 16.8. The molecule has 0 aliphatic carbocycles. The third kappa shape index (κ3) is 4.64. The fourth-order valence-electron chi connectivity index (χ4n) is 3.39. The molecule has 0 radical (unpaired) electrons. The van der Waals surface area contributed by atoms with E-state index in [2.05, 4.69) is 25.7 Å². The third-order valence-corrected chi connectivity index (χ3v) is 4.71. The van der Waals surface area contributed by atoms with Crippen molar-refractivity contribution in [2.75, 3.05) is 31.1 Å². The molecule has 7 heteroatoms. The number of carbonyl (C=O) groups excluding carboxylic acids is 1. The Balaban J connectivity index is 1.44. The first-order chi connectivity index (χ1) is 11.7. The van der Waals surface area contributed by atoms with Crippen LogP contribution < -0.4 is 15.5 Å². The summed E-state index contributed by atoms with van der Waals surface area (Å²) in [6.07, 6.45) is 6.15. The van der Waals surface area contributed by atoms with Gasteiger partial charge in [0.25, 0.3) is 0 Å². The quantitative estimate of drug-likeness (QED) is 0.799. The van der Waals surface area contributed by atoms with E-state index in [1.807, 2.05) is 19.1 Å². The summed E-state index contributed by atoms with van der Waals surface area (Å²) in [5.41, 5.74) is 0. The van der Waals surface area contributed by atoms with E-state index in [0.29, 0.717) is 6.54 Å². The van der Waals surface area contributed by atoms with Crippen molar-refractivity contribution in [3.05, 3.63) is 18.3 Å². The number of nitrogens with one attached hydrogen (secondary N) is 2. The lowest BCUT2D eigenvalue weighted by molar-refractivity contribution is -0.123. The molecule has 0 spiro atoms. The molecule has 1 aromatic heterocycles. The van der Waals surface area contributed by atoms with Gasteiger partial charge in [-0.15, -0.1) is 5.10 Å². The van der Waals surface area contributed by atoms with E-state index in [9.17, 15) is 4.79 Å². The minimum Gasteiger partial charge on any atom is -0.376 e. The summed E-state index contributed by atoms with van der Waals surface area (Å²) in [6, 6.07) is 3.95. The number of amides is 1. The highest BCUT2D eigenvalue weighted by Crippen LogP contribution is 2.17. The lowest BCUT2D eigenvalue weighted by Crippen LogP contribution is -2.53. The molecule has 2 aliphatic rings.